The number of rotatable bonds is 3. The molecule has 0 atom stereocenters. The molecule has 6 nitrogen and oxygen atoms in total. The zero-order valence-electron chi connectivity index (χ0n) is 8.45. The lowest BCUT2D eigenvalue weighted by Gasteiger charge is -2.22. The van der Waals surface area contributed by atoms with E-state index in [1.54, 1.807) is 0 Å². The molecule has 1 aromatic rings. The van der Waals surface area contributed by atoms with Crippen LogP contribution in [-0.2, 0) is 15.9 Å². The topological polar surface area (TPSA) is 115 Å². The Kier molecular flexibility index (Phi) is 3.25. The summed E-state index contributed by atoms with van der Waals surface area (Å²) in [6, 6.07) is 2.81. The molecule has 0 unspecified atom stereocenters. The first kappa shape index (κ1) is 12.9. The van der Waals surface area contributed by atoms with Crippen LogP contribution in [0.2, 0.25) is 0 Å². The summed E-state index contributed by atoms with van der Waals surface area (Å²) in [4.78, 5) is -0.642. The number of hydrogen-bond donors (Lipinski definition) is 4. The van der Waals surface area contributed by atoms with Gasteiger partial charge in [-0.05, 0) is 18.2 Å². The van der Waals surface area contributed by atoms with Gasteiger partial charge >= 0.3 is 0 Å². The third kappa shape index (κ3) is 2.50. The standard InChI is InChI=1S/C9H12O6S/c1-2-9(11,12)7-5-6(10)3-4-8(7)16(13,14)15/h3-5,10-12H,2H2,1H3,(H,13,14,15). The Labute approximate surface area is 92.5 Å². The van der Waals surface area contributed by atoms with Crippen molar-refractivity contribution >= 4 is 10.1 Å². The maximum Gasteiger partial charge on any atom is 0.294 e. The predicted octanol–water partition coefficient (Wildman–Crippen LogP) is 0.186. The van der Waals surface area contributed by atoms with Crippen molar-refractivity contribution in [1.29, 1.82) is 0 Å². The maximum absolute atomic E-state index is 11.0. The normalized spacial score (nSPS) is 12.8. The molecule has 0 radical (unpaired) electrons. The van der Waals surface area contributed by atoms with Crippen molar-refractivity contribution in [1.82, 2.24) is 0 Å². The van der Waals surface area contributed by atoms with Crippen molar-refractivity contribution in [3.05, 3.63) is 23.8 Å². The average molecular weight is 248 g/mol. The van der Waals surface area contributed by atoms with Crippen molar-refractivity contribution < 1.29 is 28.3 Å². The molecule has 0 saturated heterocycles. The van der Waals surface area contributed by atoms with E-state index in [0.29, 0.717) is 0 Å². The molecule has 1 rings (SSSR count). The van der Waals surface area contributed by atoms with Crippen LogP contribution in [-0.4, -0.2) is 28.3 Å². The maximum atomic E-state index is 11.0. The van der Waals surface area contributed by atoms with Crippen LogP contribution in [0.15, 0.2) is 23.1 Å². The summed E-state index contributed by atoms with van der Waals surface area (Å²) >= 11 is 0. The van der Waals surface area contributed by atoms with E-state index in [1.165, 1.54) is 6.92 Å². The molecule has 16 heavy (non-hydrogen) atoms. The van der Waals surface area contributed by atoms with Gasteiger partial charge in [0.1, 0.15) is 10.6 Å². The fourth-order valence-corrected chi connectivity index (χ4v) is 1.99. The summed E-state index contributed by atoms with van der Waals surface area (Å²) in [6.45, 7) is 1.41. The van der Waals surface area contributed by atoms with Gasteiger partial charge in [-0.25, -0.2) is 0 Å². The highest BCUT2D eigenvalue weighted by molar-refractivity contribution is 7.85. The van der Waals surface area contributed by atoms with Gasteiger partial charge in [0.25, 0.3) is 10.1 Å². The Morgan fingerprint density at radius 2 is 1.88 bits per heavy atom. The smallest absolute Gasteiger partial charge is 0.294 e. The van der Waals surface area contributed by atoms with Crippen molar-refractivity contribution in [2.45, 2.75) is 24.0 Å². The van der Waals surface area contributed by atoms with Crippen LogP contribution in [0.25, 0.3) is 0 Å². The third-order valence-corrected chi connectivity index (χ3v) is 3.08. The Hall–Kier alpha value is -1.15. The van der Waals surface area contributed by atoms with Gasteiger partial charge < -0.3 is 15.3 Å². The second-order valence-electron chi connectivity index (χ2n) is 3.33. The lowest BCUT2D eigenvalue weighted by molar-refractivity contribution is -0.173. The summed E-state index contributed by atoms with van der Waals surface area (Å²) in [7, 11) is -4.57. The van der Waals surface area contributed by atoms with Crippen LogP contribution in [0.1, 0.15) is 18.9 Å². The van der Waals surface area contributed by atoms with Gasteiger partial charge in [0.2, 0.25) is 0 Å². The first-order chi connectivity index (χ1) is 7.18. The monoisotopic (exact) mass is 248 g/mol. The van der Waals surface area contributed by atoms with E-state index in [4.69, 9.17) is 9.66 Å². The van der Waals surface area contributed by atoms with Crippen molar-refractivity contribution in [3.8, 4) is 5.75 Å². The number of phenolic OH excluding ortho intramolecular Hbond substituents is 1. The van der Waals surface area contributed by atoms with E-state index in [9.17, 15) is 18.6 Å². The molecule has 4 N–H and O–H groups in total. The Morgan fingerprint density at radius 1 is 1.31 bits per heavy atom. The van der Waals surface area contributed by atoms with Crippen LogP contribution in [0.4, 0.5) is 0 Å². The SMILES string of the molecule is CCC(O)(O)c1cc(O)ccc1S(=O)(=O)O. The van der Waals surface area contributed by atoms with Crippen molar-refractivity contribution in [3.63, 3.8) is 0 Å². The molecule has 0 aliphatic carbocycles. The molecule has 0 bridgehead atoms. The average Bonchev–Trinajstić information content (AvgIpc) is 2.15. The van der Waals surface area contributed by atoms with Gasteiger partial charge in [-0.3, -0.25) is 4.55 Å². The molecule has 0 heterocycles. The largest absolute Gasteiger partial charge is 0.508 e. The van der Waals surface area contributed by atoms with E-state index >= 15 is 0 Å². The van der Waals surface area contributed by atoms with Crippen LogP contribution in [0.3, 0.4) is 0 Å². The number of benzene rings is 1. The van der Waals surface area contributed by atoms with E-state index in [0.717, 1.165) is 18.2 Å². The second-order valence-corrected chi connectivity index (χ2v) is 4.72. The van der Waals surface area contributed by atoms with E-state index in [-0.39, 0.29) is 12.2 Å². The fraction of sp³-hybridized carbons (Fsp3) is 0.333. The zero-order valence-corrected chi connectivity index (χ0v) is 9.27. The number of aromatic hydroxyl groups is 1. The number of hydrogen-bond acceptors (Lipinski definition) is 5. The lowest BCUT2D eigenvalue weighted by atomic mass is 10.0. The molecule has 0 spiro atoms. The number of phenols is 1. The van der Waals surface area contributed by atoms with Gasteiger partial charge in [0, 0.05) is 12.0 Å². The van der Waals surface area contributed by atoms with Gasteiger partial charge in [0.15, 0.2) is 5.79 Å². The van der Waals surface area contributed by atoms with Crippen LogP contribution >= 0.6 is 0 Å². The summed E-state index contributed by atoms with van der Waals surface area (Å²) < 4.78 is 30.8. The first-order valence-corrected chi connectivity index (χ1v) is 5.88. The second kappa shape index (κ2) is 4.02. The van der Waals surface area contributed by atoms with Gasteiger partial charge in [-0.15, -0.1) is 0 Å². The zero-order chi connectivity index (χ0) is 12.6. The molecular formula is C9H12O6S. The summed E-state index contributed by atoms with van der Waals surface area (Å²) in [5.74, 6) is -2.76. The molecule has 0 amide bonds. The van der Waals surface area contributed by atoms with Gasteiger partial charge in [0.05, 0.1) is 0 Å². The molecule has 0 fully saturated rings. The molecule has 1 aromatic carbocycles. The molecule has 0 aliphatic rings. The Morgan fingerprint density at radius 3 is 2.31 bits per heavy atom. The molecule has 0 aromatic heterocycles. The molecular weight excluding hydrogens is 236 g/mol. The van der Waals surface area contributed by atoms with E-state index in [2.05, 4.69) is 0 Å². The molecule has 0 aliphatic heterocycles. The minimum absolute atomic E-state index is 0.195. The summed E-state index contributed by atoms with van der Waals surface area (Å²) in [5.41, 5.74) is -0.461. The Balaban J connectivity index is 3.54. The van der Waals surface area contributed by atoms with E-state index in [1.807, 2.05) is 0 Å². The molecule has 90 valence electrons. The van der Waals surface area contributed by atoms with Crippen LogP contribution in [0.5, 0.6) is 5.75 Å². The van der Waals surface area contributed by atoms with Gasteiger partial charge in [-0.1, -0.05) is 6.92 Å². The predicted molar refractivity (Wildman–Crippen MR) is 54.3 cm³/mol. The Bertz CT molecular complexity index is 491. The van der Waals surface area contributed by atoms with Crippen LogP contribution < -0.4 is 0 Å². The highest BCUT2D eigenvalue weighted by atomic mass is 32.2. The summed E-state index contributed by atoms with van der Waals surface area (Å²) in [6.07, 6.45) is -0.195. The quantitative estimate of drug-likeness (QED) is 0.448. The van der Waals surface area contributed by atoms with Crippen molar-refractivity contribution in [2.75, 3.05) is 0 Å². The lowest BCUT2D eigenvalue weighted by Crippen LogP contribution is -2.26. The van der Waals surface area contributed by atoms with E-state index < -0.39 is 26.4 Å². The number of aliphatic hydroxyl groups is 2. The van der Waals surface area contributed by atoms with Gasteiger partial charge in [-0.2, -0.15) is 8.42 Å². The molecule has 7 heteroatoms. The summed E-state index contributed by atoms with van der Waals surface area (Å²) in [5, 5.41) is 28.2. The fourth-order valence-electron chi connectivity index (χ4n) is 1.25. The minimum atomic E-state index is -4.57. The highest BCUT2D eigenvalue weighted by Gasteiger charge is 2.31. The molecule has 0 saturated carbocycles. The van der Waals surface area contributed by atoms with Crippen molar-refractivity contribution in [2.24, 2.45) is 0 Å². The highest BCUT2D eigenvalue weighted by Crippen LogP contribution is 2.30. The first-order valence-electron chi connectivity index (χ1n) is 4.44. The third-order valence-electron chi connectivity index (χ3n) is 2.17. The minimum Gasteiger partial charge on any atom is -0.508 e. The van der Waals surface area contributed by atoms with Crippen LogP contribution in [0, 0.1) is 0 Å².